The maximum atomic E-state index is 13.9. The van der Waals surface area contributed by atoms with Gasteiger partial charge in [0.1, 0.15) is 6.04 Å². The number of nitrogens with one attached hydrogen (secondary N) is 4. The van der Waals surface area contributed by atoms with E-state index in [9.17, 15) is 24.3 Å². The second kappa shape index (κ2) is 18.9. The molecule has 0 saturated carbocycles. The van der Waals surface area contributed by atoms with Crippen LogP contribution in [0.25, 0.3) is 11.1 Å². The third-order valence-electron chi connectivity index (χ3n) is 8.62. The van der Waals surface area contributed by atoms with E-state index in [0.717, 1.165) is 22.3 Å². The molecular weight excluding hydrogens is 646 g/mol. The van der Waals surface area contributed by atoms with Crippen LogP contribution in [-0.2, 0) is 22.6 Å². The Morgan fingerprint density at radius 1 is 0.706 bits per heavy atom. The van der Waals surface area contributed by atoms with Crippen molar-refractivity contribution in [2.75, 3.05) is 34.7 Å². The lowest BCUT2D eigenvalue weighted by Crippen LogP contribution is -2.65. The van der Waals surface area contributed by atoms with Crippen LogP contribution in [0.15, 0.2) is 84.9 Å². The summed E-state index contributed by atoms with van der Waals surface area (Å²) in [6, 6.07) is 25.4. The summed E-state index contributed by atoms with van der Waals surface area (Å²) in [5.41, 5.74) is 4.89. The topological polar surface area (TPSA) is 146 Å². The summed E-state index contributed by atoms with van der Waals surface area (Å²) in [6.07, 6.45) is 1.05. The van der Waals surface area contributed by atoms with Gasteiger partial charge in [0.05, 0.1) is 0 Å². The van der Waals surface area contributed by atoms with Crippen LogP contribution in [0.3, 0.4) is 0 Å². The maximum absolute atomic E-state index is 13.9. The summed E-state index contributed by atoms with van der Waals surface area (Å²) in [4.78, 5) is 55.5. The highest BCUT2D eigenvalue weighted by molar-refractivity contribution is 5.90. The molecule has 0 bridgehead atoms. The van der Waals surface area contributed by atoms with E-state index in [-0.39, 0.29) is 19.0 Å². The Bertz CT molecular complexity index is 1570. The van der Waals surface area contributed by atoms with Crippen molar-refractivity contribution in [3.63, 3.8) is 0 Å². The van der Waals surface area contributed by atoms with Crippen molar-refractivity contribution in [2.24, 2.45) is 11.8 Å². The molecule has 12 heteroatoms. The highest BCUT2D eigenvalue weighted by Crippen LogP contribution is 2.21. The van der Waals surface area contributed by atoms with Crippen molar-refractivity contribution in [1.29, 1.82) is 0 Å². The van der Waals surface area contributed by atoms with Crippen molar-refractivity contribution in [1.82, 2.24) is 36.2 Å². The van der Waals surface area contributed by atoms with Crippen molar-refractivity contribution in [3.05, 3.63) is 96.1 Å². The second-order valence-corrected chi connectivity index (χ2v) is 13.9. The first-order valence-corrected chi connectivity index (χ1v) is 17.3. The molecule has 0 saturated heterocycles. The third kappa shape index (κ3) is 12.1. The predicted molar refractivity (Wildman–Crippen MR) is 200 cm³/mol. The van der Waals surface area contributed by atoms with E-state index in [1.54, 1.807) is 33.0 Å². The number of aryl methyl sites for hydroxylation is 1. The van der Waals surface area contributed by atoms with Gasteiger partial charge in [-0.2, -0.15) is 0 Å². The van der Waals surface area contributed by atoms with Crippen LogP contribution in [0.1, 0.15) is 45.2 Å². The van der Waals surface area contributed by atoms with E-state index in [1.165, 1.54) is 23.9 Å². The SMILES string of the molecule is CC(C)[C@H](NC(=O)N(C)C)C(=O)NN(Cc1ccc(-c2ccccc2)cc1)C[C@H](CCc1ccccc1)NC(=O)[C@@](O)(NC(=O)N(C)C)C(C)C. The zero-order chi connectivity index (χ0) is 37.7. The van der Waals surface area contributed by atoms with Gasteiger partial charge < -0.3 is 30.9 Å². The Balaban J connectivity index is 1.96. The molecule has 3 aromatic carbocycles. The quantitative estimate of drug-likeness (QED) is 0.112. The Labute approximate surface area is 302 Å². The van der Waals surface area contributed by atoms with Crippen molar-refractivity contribution in [2.45, 2.75) is 64.9 Å². The molecule has 51 heavy (non-hydrogen) atoms. The number of hydrazine groups is 1. The maximum Gasteiger partial charge on any atom is 0.319 e. The normalized spacial score (nSPS) is 13.6. The first-order valence-electron chi connectivity index (χ1n) is 17.3. The fraction of sp³-hybridized carbons (Fsp3) is 0.436. The smallest absolute Gasteiger partial charge is 0.319 e. The molecule has 3 aromatic rings. The molecule has 6 amide bonds. The predicted octanol–water partition coefficient (Wildman–Crippen LogP) is 4.22. The average Bonchev–Trinajstić information content (AvgIpc) is 3.09. The summed E-state index contributed by atoms with van der Waals surface area (Å²) in [7, 11) is 6.26. The number of urea groups is 2. The fourth-order valence-electron chi connectivity index (χ4n) is 5.32. The van der Waals surface area contributed by atoms with Gasteiger partial charge in [0, 0.05) is 53.2 Å². The van der Waals surface area contributed by atoms with E-state index in [4.69, 9.17) is 0 Å². The van der Waals surface area contributed by atoms with E-state index in [2.05, 4.69) is 21.4 Å². The number of carbonyl (C=O) groups is 4. The summed E-state index contributed by atoms with van der Waals surface area (Å²) < 4.78 is 0. The molecule has 0 heterocycles. The largest absolute Gasteiger partial charge is 0.363 e. The summed E-state index contributed by atoms with van der Waals surface area (Å²) >= 11 is 0. The van der Waals surface area contributed by atoms with Crippen molar-refractivity contribution >= 4 is 23.9 Å². The molecule has 0 aliphatic heterocycles. The van der Waals surface area contributed by atoms with Crippen molar-refractivity contribution in [3.8, 4) is 11.1 Å². The highest BCUT2D eigenvalue weighted by atomic mass is 16.3. The molecule has 0 unspecified atom stereocenters. The Kier molecular flexibility index (Phi) is 15.0. The zero-order valence-electron chi connectivity index (χ0n) is 31.1. The zero-order valence-corrected chi connectivity index (χ0v) is 31.1. The lowest BCUT2D eigenvalue weighted by Gasteiger charge is -2.36. The van der Waals surface area contributed by atoms with Crippen LogP contribution in [0.5, 0.6) is 0 Å². The number of aliphatic hydroxyl groups is 1. The molecule has 276 valence electrons. The first-order chi connectivity index (χ1) is 24.1. The van der Waals surface area contributed by atoms with E-state index in [1.807, 2.05) is 98.8 Å². The average molecular weight is 702 g/mol. The number of hydrogen-bond donors (Lipinski definition) is 5. The summed E-state index contributed by atoms with van der Waals surface area (Å²) in [5, 5.41) is 21.5. The van der Waals surface area contributed by atoms with E-state index < -0.39 is 47.6 Å². The molecule has 0 aliphatic carbocycles. The standard InChI is InChI=1S/C39H55N7O5/c1-27(2)34(41-37(49)44(5)6)35(47)43-46(25-30-19-22-32(23-20-30)31-17-13-10-14-18-31)26-33(24-21-29-15-11-9-12-16-29)40-36(48)39(51,28(3)4)42-38(50)45(7)8/h9-20,22-23,27-28,33-34,51H,21,24-26H2,1-8H3,(H,40,48)(H,41,49)(H,42,50)(H,43,47)/t33-,34-,39+/m0/s1. The number of rotatable bonds is 16. The lowest BCUT2D eigenvalue weighted by molar-refractivity contribution is -0.148. The second-order valence-electron chi connectivity index (χ2n) is 13.9. The number of amides is 6. The molecular formula is C39H55N7O5. The summed E-state index contributed by atoms with van der Waals surface area (Å²) in [5.74, 6) is -2.06. The molecule has 0 radical (unpaired) electrons. The van der Waals surface area contributed by atoms with Gasteiger partial charge in [-0.05, 0) is 41.0 Å². The van der Waals surface area contributed by atoms with Gasteiger partial charge >= 0.3 is 12.1 Å². The number of hydrogen-bond acceptors (Lipinski definition) is 6. The van der Waals surface area contributed by atoms with Crippen LogP contribution in [0.2, 0.25) is 0 Å². The van der Waals surface area contributed by atoms with Crippen LogP contribution < -0.4 is 21.4 Å². The van der Waals surface area contributed by atoms with Gasteiger partial charge in [0.25, 0.3) is 11.8 Å². The Morgan fingerprint density at radius 3 is 1.78 bits per heavy atom. The molecule has 5 N–H and O–H groups in total. The van der Waals surface area contributed by atoms with Gasteiger partial charge in [-0.3, -0.25) is 15.0 Å². The minimum absolute atomic E-state index is 0.146. The van der Waals surface area contributed by atoms with Gasteiger partial charge in [-0.15, -0.1) is 0 Å². The molecule has 12 nitrogen and oxygen atoms in total. The van der Waals surface area contributed by atoms with Crippen LogP contribution >= 0.6 is 0 Å². The molecule has 0 spiro atoms. The molecule has 3 rings (SSSR count). The molecule has 0 aromatic heterocycles. The summed E-state index contributed by atoms with van der Waals surface area (Å²) in [6.45, 7) is 7.42. The van der Waals surface area contributed by atoms with Gasteiger partial charge in [0.15, 0.2) is 0 Å². The van der Waals surface area contributed by atoms with Crippen LogP contribution in [-0.4, -0.2) is 96.3 Å². The Hall–Kier alpha value is -4.94. The first kappa shape index (κ1) is 40.5. The van der Waals surface area contributed by atoms with Gasteiger partial charge in [-0.25, -0.2) is 14.6 Å². The molecule has 3 atom stereocenters. The highest BCUT2D eigenvalue weighted by Gasteiger charge is 2.42. The lowest BCUT2D eigenvalue weighted by atomic mass is 9.97. The molecule has 0 fully saturated rings. The number of benzene rings is 3. The van der Waals surface area contributed by atoms with Gasteiger partial charge in [-0.1, -0.05) is 113 Å². The minimum atomic E-state index is -2.20. The minimum Gasteiger partial charge on any atom is -0.363 e. The van der Waals surface area contributed by atoms with Gasteiger partial charge in [0.2, 0.25) is 5.72 Å². The van der Waals surface area contributed by atoms with Crippen LogP contribution in [0, 0.1) is 11.8 Å². The molecule has 0 aliphatic rings. The van der Waals surface area contributed by atoms with Crippen molar-refractivity contribution < 1.29 is 24.3 Å². The third-order valence-corrected chi connectivity index (χ3v) is 8.62. The van der Waals surface area contributed by atoms with E-state index in [0.29, 0.717) is 12.8 Å². The van der Waals surface area contributed by atoms with E-state index >= 15 is 0 Å². The monoisotopic (exact) mass is 701 g/mol. The van der Waals surface area contributed by atoms with Crippen LogP contribution in [0.4, 0.5) is 9.59 Å². The Morgan fingerprint density at radius 2 is 1.25 bits per heavy atom. The number of carbonyl (C=O) groups excluding carboxylic acids is 4. The number of nitrogens with zero attached hydrogens (tertiary/aromatic N) is 3. The fourth-order valence-corrected chi connectivity index (χ4v) is 5.32.